The molecule has 0 aliphatic carbocycles. The molecule has 1 amide bonds. The number of hydrogen-bond donors (Lipinski definition) is 1. The standard InChI is InChI=1S/C19H13N3O4/c23-19(17-8-9-18(26-17)22(24)25)20-14-6-3-5-12(10-14)16-11-13-4-1-2-7-15(13)21-16/h1-10H,11H2,(H,20,23). The maximum atomic E-state index is 12.2. The Morgan fingerprint density at radius 1 is 1.12 bits per heavy atom. The number of carbonyl (C=O) groups is 1. The Bertz CT molecular complexity index is 1050. The molecule has 0 saturated carbocycles. The molecule has 7 heteroatoms. The lowest BCUT2D eigenvalue weighted by Crippen LogP contribution is -2.11. The smallest absolute Gasteiger partial charge is 0.395 e. The Balaban J connectivity index is 1.53. The number of anilines is 1. The number of carbonyl (C=O) groups excluding carboxylic acids is 1. The molecule has 7 nitrogen and oxygen atoms in total. The van der Waals surface area contributed by atoms with Crippen molar-refractivity contribution in [2.45, 2.75) is 6.42 Å². The highest BCUT2D eigenvalue weighted by Crippen LogP contribution is 2.29. The number of nitro groups is 1. The van der Waals surface area contributed by atoms with Crippen LogP contribution < -0.4 is 5.32 Å². The largest absolute Gasteiger partial charge is 0.433 e. The number of hydrogen-bond acceptors (Lipinski definition) is 5. The van der Waals surface area contributed by atoms with Gasteiger partial charge in [-0.2, -0.15) is 0 Å². The average molecular weight is 347 g/mol. The van der Waals surface area contributed by atoms with Crippen LogP contribution in [0.5, 0.6) is 0 Å². The average Bonchev–Trinajstić information content (AvgIpc) is 3.29. The molecule has 3 aromatic rings. The molecular weight excluding hydrogens is 334 g/mol. The Morgan fingerprint density at radius 2 is 1.96 bits per heavy atom. The van der Waals surface area contributed by atoms with Crippen LogP contribution in [0.2, 0.25) is 0 Å². The summed E-state index contributed by atoms with van der Waals surface area (Å²) < 4.78 is 4.92. The fourth-order valence-electron chi connectivity index (χ4n) is 2.82. The van der Waals surface area contributed by atoms with E-state index >= 15 is 0 Å². The Kier molecular flexibility index (Phi) is 3.81. The number of nitrogens with zero attached hydrogens (tertiary/aromatic N) is 2. The number of benzene rings is 2. The maximum Gasteiger partial charge on any atom is 0.433 e. The van der Waals surface area contributed by atoms with Crippen molar-refractivity contribution >= 4 is 28.9 Å². The van der Waals surface area contributed by atoms with Crippen LogP contribution in [-0.4, -0.2) is 16.5 Å². The summed E-state index contributed by atoms with van der Waals surface area (Å²) in [6.45, 7) is 0. The van der Waals surface area contributed by atoms with E-state index in [1.54, 1.807) is 6.07 Å². The number of nitrogens with one attached hydrogen (secondary N) is 1. The summed E-state index contributed by atoms with van der Waals surface area (Å²) in [6, 6.07) is 17.7. The second-order valence-corrected chi connectivity index (χ2v) is 5.79. The predicted octanol–water partition coefficient (Wildman–Crippen LogP) is 4.12. The van der Waals surface area contributed by atoms with E-state index < -0.39 is 16.7 Å². The molecule has 2 aromatic carbocycles. The third-order valence-electron chi connectivity index (χ3n) is 4.05. The van der Waals surface area contributed by atoms with E-state index in [0.717, 1.165) is 29.4 Å². The lowest BCUT2D eigenvalue weighted by Gasteiger charge is -2.06. The molecule has 4 rings (SSSR count). The van der Waals surface area contributed by atoms with E-state index in [-0.39, 0.29) is 5.76 Å². The van der Waals surface area contributed by atoms with Gasteiger partial charge in [0.05, 0.1) is 17.5 Å². The fourth-order valence-corrected chi connectivity index (χ4v) is 2.82. The SMILES string of the molecule is O=C(Nc1cccc(C2=Nc3ccccc3C2)c1)c1ccc([N+](=O)[O-])o1. The monoisotopic (exact) mass is 347 g/mol. The van der Waals surface area contributed by atoms with Crippen LogP contribution in [0.25, 0.3) is 0 Å². The Hall–Kier alpha value is -3.74. The number of amides is 1. The second-order valence-electron chi connectivity index (χ2n) is 5.79. The van der Waals surface area contributed by atoms with Gasteiger partial charge in [0.1, 0.15) is 4.92 Å². The molecule has 1 aliphatic rings. The van der Waals surface area contributed by atoms with Gasteiger partial charge < -0.3 is 9.73 Å². The number of aliphatic imine (C=N–C) groups is 1. The van der Waals surface area contributed by atoms with E-state index in [2.05, 4.69) is 10.3 Å². The lowest BCUT2D eigenvalue weighted by molar-refractivity contribution is -0.402. The van der Waals surface area contributed by atoms with E-state index in [9.17, 15) is 14.9 Å². The zero-order valence-corrected chi connectivity index (χ0v) is 13.5. The molecule has 1 N–H and O–H groups in total. The van der Waals surface area contributed by atoms with Crippen molar-refractivity contribution in [2.24, 2.45) is 4.99 Å². The van der Waals surface area contributed by atoms with Gasteiger partial charge in [-0.25, -0.2) is 0 Å². The van der Waals surface area contributed by atoms with Crippen LogP contribution in [0.3, 0.4) is 0 Å². The highest BCUT2D eigenvalue weighted by molar-refractivity contribution is 6.08. The van der Waals surface area contributed by atoms with Gasteiger partial charge >= 0.3 is 5.88 Å². The van der Waals surface area contributed by atoms with Gasteiger partial charge in [0.15, 0.2) is 5.76 Å². The molecule has 2 heterocycles. The van der Waals surface area contributed by atoms with Crippen LogP contribution in [0.15, 0.2) is 70.1 Å². The van der Waals surface area contributed by atoms with Crippen LogP contribution in [0, 0.1) is 10.1 Å². The first kappa shape index (κ1) is 15.8. The number of furan rings is 1. The first-order valence-electron chi connectivity index (χ1n) is 7.91. The summed E-state index contributed by atoms with van der Waals surface area (Å²) in [5, 5.41) is 13.3. The summed E-state index contributed by atoms with van der Waals surface area (Å²) >= 11 is 0. The van der Waals surface area contributed by atoms with E-state index in [1.165, 1.54) is 11.6 Å². The molecule has 128 valence electrons. The number of para-hydroxylation sites is 1. The molecule has 1 aromatic heterocycles. The first-order chi connectivity index (χ1) is 12.6. The van der Waals surface area contributed by atoms with E-state index in [1.807, 2.05) is 42.5 Å². The summed E-state index contributed by atoms with van der Waals surface area (Å²) in [5.41, 5.74) is 4.52. The zero-order chi connectivity index (χ0) is 18.1. The van der Waals surface area contributed by atoms with Gasteiger partial charge in [0, 0.05) is 12.1 Å². The van der Waals surface area contributed by atoms with Gasteiger partial charge in [0.2, 0.25) is 0 Å². The quantitative estimate of drug-likeness (QED) is 0.567. The molecule has 0 fully saturated rings. The molecule has 0 saturated heterocycles. The maximum absolute atomic E-state index is 12.2. The highest BCUT2D eigenvalue weighted by atomic mass is 16.6. The second kappa shape index (κ2) is 6.29. The third-order valence-corrected chi connectivity index (χ3v) is 4.05. The van der Waals surface area contributed by atoms with E-state index in [4.69, 9.17) is 4.42 Å². The third kappa shape index (κ3) is 2.98. The van der Waals surface area contributed by atoms with Crippen molar-refractivity contribution < 1.29 is 14.1 Å². The summed E-state index contributed by atoms with van der Waals surface area (Å²) in [4.78, 5) is 26.8. The van der Waals surface area contributed by atoms with Gasteiger partial charge in [-0.1, -0.05) is 30.3 Å². The predicted molar refractivity (Wildman–Crippen MR) is 96.1 cm³/mol. The fraction of sp³-hybridized carbons (Fsp3) is 0.0526. The number of fused-ring (bicyclic) bond motifs is 1. The minimum atomic E-state index is -0.687. The summed E-state index contributed by atoms with van der Waals surface area (Å²) in [6.07, 6.45) is 0.734. The number of rotatable bonds is 4. The molecule has 0 radical (unpaired) electrons. The highest BCUT2D eigenvalue weighted by Gasteiger charge is 2.19. The van der Waals surface area contributed by atoms with Crippen molar-refractivity contribution in [3.63, 3.8) is 0 Å². The Labute approximate surface area is 148 Å². The molecule has 0 bridgehead atoms. The topological polar surface area (TPSA) is 97.7 Å². The Morgan fingerprint density at radius 3 is 2.73 bits per heavy atom. The summed E-state index contributed by atoms with van der Waals surface area (Å²) in [7, 11) is 0. The van der Waals surface area contributed by atoms with Gasteiger partial charge in [-0.15, -0.1) is 0 Å². The van der Waals surface area contributed by atoms with Crippen molar-refractivity contribution in [1.29, 1.82) is 0 Å². The van der Waals surface area contributed by atoms with Crippen LogP contribution >= 0.6 is 0 Å². The van der Waals surface area contributed by atoms with Crippen molar-refractivity contribution in [3.8, 4) is 0 Å². The van der Waals surface area contributed by atoms with Gasteiger partial charge in [0.25, 0.3) is 5.91 Å². The van der Waals surface area contributed by atoms with Crippen molar-refractivity contribution in [3.05, 3.63) is 87.7 Å². The molecule has 26 heavy (non-hydrogen) atoms. The van der Waals surface area contributed by atoms with Crippen LogP contribution in [0.1, 0.15) is 21.7 Å². The minimum Gasteiger partial charge on any atom is -0.395 e. The molecule has 0 atom stereocenters. The molecule has 1 aliphatic heterocycles. The van der Waals surface area contributed by atoms with Crippen LogP contribution in [-0.2, 0) is 6.42 Å². The van der Waals surface area contributed by atoms with Gasteiger partial charge in [-0.05, 0) is 35.4 Å². The van der Waals surface area contributed by atoms with Crippen molar-refractivity contribution in [1.82, 2.24) is 0 Å². The van der Waals surface area contributed by atoms with Gasteiger partial charge in [-0.3, -0.25) is 19.9 Å². The summed E-state index contributed by atoms with van der Waals surface area (Å²) in [5.74, 6) is -1.14. The molecule has 0 spiro atoms. The molecule has 0 unspecified atom stereocenters. The molecular formula is C19H13N3O4. The normalized spacial score (nSPS) is 12.4. The lowest BCUT2D eigenvalue weighted by atomic mass is 10.0. The van der Waals surface area contributed by atoms with E-state index in [0.29, 0.717) is 5.69 Å². The minimum absolute atomic E-state index is 0.118. The zero-order valence-electron chi connectivity index (χ0n) is 13.5. The first-order valence-corrected chi connectivity index (χ1v) is 7.91. The van der Waals surface area contributed by atoms with Crippen molar-refractivity contribution in [2.75, 3.05) is 5.32 Å². The van der Waals surface area contributed by atoms with Crippen LogP contribution in [0.4, 0.5) is 17.3 Å².